The lowest BCUT2D eigenvalue weighted by Crippen LogP contribution is -2.26. The van der Waals surface area contributed by atoms with Crippen molar-refractivity contribution in [1.29, 1.82) is 0 Å². The maximum absolute atomic E-state index is 11.6. The van der Waals surface area contributed by atoms with Gasteiger partial charge in [-0.3, -0.25) is 9.59 Å². The van der Waals surface area contributed by atoms with E-state index in [2.05, 4.69) is 17.4 Å². The van der Waals surface area contributed by atoms with Crippen LogP contribution in [0.15, 0.2) is 36.4 Å². The molecule has 0 aromatic heterocycles. The minimum Gasteiger partial charge on any atom is -0.381 e. The molecule has 2 fully saturated rings. The van der Waals surface area contributed by atoms with Gasteiger partial charge in [-0.15, -0.1) is 0 Å². The van der Waals surface area contributed by atoms with Crippen LogP contribution in [0, 0.1) is 5.92 Å². The summed E-state index contributed by atoms with van der Waals surface area (Å²) in [6, 6.07) is 8.19. The van der Waals surface area contributed by atoms with Crippen molar-refractivity contribution in [3.8, 4) is 0 Å². The average molecular weight is 372 g/mol. The number of carbonyl (C=O) groups is 2. The molecule has 3 rings (SSSR count). The number of carbonyl (C=O) groups excluding carboxylic acids is 2. The van der Waals surface area contributed by atoms with Crippen LogP contribution < -0.4 is 5.32 Å². The molecule has 1 N–H and O–H groups in total. The molecule has 1 aliphatic carbocycles. The van der Waals surface area contributed by atoms with Crippen LogP contribution in [-0.2, 0) is 9.53 Å². The molecule has 0 radical (unpaired) electrons. The highest BCUT2D eigenvalue weighted by atomic mass is 16.5. The van der Waals surface area contributed by atoms with E-state index in [1.807, 2.05) is 19.1 Å². The molecule has 1 amide bonds. The first kappa shape index (κ1) is 21.4. The first-order valence-corrected chi connectivity index (χ1v) is 10.3. The number of hydrogen-bond acceptors (Lipinski definition) is 3. The lowest BCUT2D eigenvalue weighted by molar-refractivity contribution is -0.109. The molecule has 0 spiro atoms. The van der Waals surface area contributed by atoms with E-state index in [1.165, 1.54) is 37.7 Å². The Morgan fingerprint density at radius 2 is 1.74 bits per heavy atom. The van der Waals surface area contributed by atoms with Gasteiger partial charge < -0.3 is 10.1 Å². The summed E-state index contributed by atoms with van der Waals surface area (Å²) < 4.78 is 5.16. The highest BCUT2D eigenvalue weighted by Crippen LogP contribution is 2.32. The third-order valence-corrected chi connectivity index (χ3v) is 5.42. The van der Waals surface area contributed by atoms with Crippen LogP contribution in [0.2, 0.25) is 0 Å². The van der Waals surface area contributed by atoms with E-state index in [-0.39, 0.29) is 5.78 Å². The van der Waals surface area contributed by atoms with Crippen molar-refractivity contribution in [1.82, 2.24) is 5.32 Å². The van der Waals surface area contributed by atoms with Gasteiger partial charge in [-0.1, -0.05) is 49.6 Å². The van der Waals surface area contributed by atoms with Crippen molar-refractivity contribution in [2.45, 2.75) is 57.8 Å². The Kier molecular flexibility index (Phi) is 9.85. The Bertz CT molecular complexity index is 582. The van der Waals surface area contributed by atoms with E-state index < -0.39 is 0 Å². The summed E-state index contributed by atoms with van der Waals surface area (Å²) in [6.07, 6.45) is 13.0. The molecule has 1 aromatic carbocycles. The lowest BCUT2D eigenvalue weighted by Gasteiger charge is -2.21. The Morgan fingerprint density at radius 1 is 1.07 bits per heavy atom. The molecule has 1 saturated carbocycles. The largest absolute Gasteiger partial charge is 0.381 e. The Labute approximate surface area is 163 Å². The Balaban J connectivity index is 0.000000223. The first-order valence-electron chi connectivity index (χ1n) is 10.3. The average Bonchev–Trinajstić information content (AvgIpc) is 2.74. The maximum Gasteiger partial charge on any atom is 0.207 e. The standard InChI is InChI=1S/C16H20O.C7H13NO2/c1-2-6-16(17)15-11-9-14(10-12-15)13-7-4-3-5-8-13;9-6-8-5-7-1-3-10-4-2-7/h2,6,9-13H,3-5,7-8H2,1H3;6-7H,1-5H2,(H,8,9)/b6-2+;. The fourth-order valence-electron chi connectivity index (χ4n) is 3.77. The Hall–Kier alpha value is -1.94. The molecule has 1 aliphatic heterocycles. The second kappa shape index (κ2) is 12.4. The van der Waals surface area contributed by atoms with Crippen LogP contribution in [-0.4, -0.2) is 32.0 Å². The maximum atomic E-state index is 11.6. The minimum atomic E-state index is 0.0997. The van der Waals surface area contributed by atoms with Gasteiger partial charge >= 0.3 is 0 Å². The zero-order chi connectivity index (χ0) is 19.3. The third kappa shape index (κ3) is 7.67. The summed E-state index contributed by atoms with van der Waals surface area (Å²) in [7, 11) is 0. The molecule has 4 nitrogen and oxygen atoms in total. The van der Waals surface area contributed by atoms with Crippen LogP contribution >= 0.6 is 0 Å². The van der Waals surface area contributed by atoms with E-state index in [0.717, 1.165) is 50.5 Å². The van der Waals surface area contributed by atoms with E-state index in [4.69, 9.17) is 4.74 Å². The van der Waals surface area contributed by atoms with Gasteiger partial charge in [0.15, 0.2) is 5.78 Å². The molecule has 1 aromatic rings. The van der Waals surface area contributed by atoms with Crippen molar-refractivity contribution in [3.63, 3.8) is 0 Å². The summed E-state index contributed by atoms with van der Waals surface area (Å²) in [5, 5.41) is 2.68. The van der Waals surface area contributed by atoms with Gasteiger partial charge in [-0.2, -0.15) is 0 Å². The van der Waals surface area contributed by atoms with Crippen LogP contribution in [0.5, 0.6) is 0 Å². The number of benzene rings is 1. The van der Waals surface area contributed by atoms with E-state index in [1.54, 1.807) is 12.2 Å². The summed E-state index contributed by atoms with van der Waals surface area (Å²) in [5.74, 6) is 1.45. The number of ketones is 1. The molecule has 0 unspecified atom stereocenters. The SMILES string of the molecule is C/C=C/C(=O)c1ccc(C2CCCCC2)cc1.O=CNCC1CCOCC1. The quantitative estimate of drug-likeness (QED) is 0.450. The highest BCUT2D eigenvalue weighted by molar-refractivity contribution is 6.04. The van der Waals surface area contributed by atoms with Crippen molar-refractivity contribution < 1.29 is 14.3 Å². The normalized spacial score (nSPS) is 18.6. The van der Waals surface area contributed by atoms with Gasteiger partial charge in [0.25, 0.3) is 0 Å². The molecule has 148 valence electrons. The van der Waals surface area contributed by atoms with Crippen LogP contribution in [0.25, 0.3) is 0 Å². The van der Waals surface area contributed by atoms with Gasteiger partial charge in [0.05, 0.1) is 0 Å². The van der Waals surface area contributed by atoms with Crippen molar-refractivity contribution in [2.75, 3.05) is 19.8 Å². The molecular formula is C23H33NO3. The van der Waals surface area contributed by atoms with E-state index >= 15 is 0 Å². The molecule has 27 heavy (non-hydrogen) atoms. The summed E-state index contributed by atoms with van der Waals surface area (Å²) in [5.41, 5.74) is 2.20. The van der Waals surface area contributed by atoms with Gasteiger partial charge in [0.2, 0.25) is 6.41 Å². The van der Waals surface area contributed by atoms with Gasteiger partial charge in [0.1, 0.15) is 0 Å². The first-order chi connectivity index (χ1) is 13.2. The molecule has 4 heteroatoms. The van der Waals surface area contributed by atoms with Crippen molar-refractivity contribution in [3.05, 3.63) is 47.5 Å². The molecular weight excluding hydrogens is 338 g/mol. The smallest absolute Gasteiger partial charge is 0.207 e. The zero-order valence-corrected chi connectivity index (χ0v) is 16.5. The van der Waals surface area contributed by atoms with Gasteiger partial charge in [-0.25, -0.2) is 0 Å². The molecule has 1 heterocycles. The highest BCUT2D eigenvalue weighted by Gasteiger charge is 2.15. The number of rotatable bonds is 6. The van der Waals surface area contributed by atoms with Crippen LogP contribution in [0.4, 0.5) is 0 Å². The van der Waals surface area contributed by atoms with Gasteiger partial charge in [-0.05, 0) is 56.1 Å². The fourth-order valence-corrected chi connectivity index (χ4v) is 3.77. The van der Waals surface area contributed by atoms with E-state index in [9.17, 15) is 9.59 Å². The van der Waals surface area contributed by atoms with Crippen LogP contribution in [0.3, 0.4) is 0 Å². The lowest BCUT2D eigenvalue weighted by atomic mass is 9.84. The second-order valence-electron chi connectivity index (χ2n) is 7.40. The summed E-state index contributed by atoms with van der Waals surface area (Å²) in [4.78, 5) is 21.6. The van der Waals surface area contributed by atoms with Crippen molar-refractivity contribution >= 4 is 12.2 Å². The Morgan fingerprint density at radius 3 is 2.33 bits per heavy atom. The number of allylic oxidation sites excluding steroid dienone is 2. The van der Waals surface area contributed by atoms with Gasteiger partial charge in [0, 0.05) is 25.3 Å². The van der Waals surface area contributed by atoms with Crippen LogP contribution in [0.1, 0.15) is 73.7 Å². The molecule has 2 aliphatic rings. The molecule has 1 saturated heterocycles. The van der Waals surface area contributed by atoms with E-state index in [0.29, 0.717) is 5.92 Å². The zero-order valence-electron chi connectivity index (χ0n) is 16.5. The molecule has 0 bridgehead atoms. The van der Waals surface area contributed by atoms with Crippen molar-refractivity contribution in [2.24, 2.45) is 5.92 Å². The predicted molar refractivity (Wildman–Crippen MR) is 109 cm³/mol. The monoisotopic (exact) mass is 371 g/mol. The number of hydrogen-bond donors (Lipinski definition) is 1. The minimum absolute atomic E-state index is 0.0997. The molecule has 0 atom stereocenters. The third-order valence-electron chi connectivity index (χ3n) is 5.42. The second-order valence-corrected chi connectivity index (χ2v) is 7.40. The summed E-state index contributed by atoms with van der Waals surface area (Å²) >= 11 is 0. The number of nitrogens with one attached hydrogen (secondary N) is 1. The number of ether oxygens (including phenoxy) is 1. The summed E-state index contributed by atoms with van der Waals surface area (Å²) in [6.45, 7) is 4.39. The fraction of sp³-hybridized carbons (Fsp3) is 0.565. The number of amides is 1. The topological polar surface area (TPSA) is 55.4 Å². The predicted octanol–water partition coefficient (Wildman–Crippen LogP) is 4.65.